The Morgan fingerprint density at radius 3 is 2.08 bits per heavy atom. The first-order valence-corrected chi connectivity index (χ1v) is 4.85. The first kappa shape index (κ1) is 9.32. The molecule has 1 fully saturated rings. The fraction of sp³-hybridized carbons (Fsp3) is 0.727. The van der Waals surface area contributed by atoms with Gasteiger partial charge in [-0.15, -0.1) is 6.42 Å². The molecule has 12 heavy (non-hydrogen) atoms. The van der Waals surface area contributed by atoms with Gasteiger partial charge in [-0.2, -0.15) is 0 Å². The predicted molar refractivity (Wildman–Crippen MR) is 49.6 cm³/mol. The van der Waals surface area contributed by atoms with E-state index in [1.54, 1.807) is 0 Å². The van der Waals surface area contributed by atoms with Crippen LogP contribution in [0.4, 0.5) is 0 Å². The summed E-state index contributed by atoms with van der Waals surface area (Å²) in [6, 6.07) is 0. The van der Waals surface area contributed by atoms with E-state index < -0.39 is 0 Å². The second kappa shape index (κ2) is 4.98. The Labute approximate surface area is 74.5 Å². The van der Waals surface area contributed by atoms with Gasteiger partial charge in [-0.25, -0.2) is 0 Å². The lowest BCUT2D eigenvalue weighted by Crippen LogP contribution is -2.13. The zero-order chi connectivity index (χ0) is 8.81. The number of Topliss-reactive ketones (excluding diaryl/α,β-unsaturated/α-hetero) is 1. The van der Waals surface area contributed by atoms with Crippen molar-refractivity contribution in [2.75, 3.05) is 0 Å². The van der Waals surface area contributed by atoms with Crippen LogP contribution in [-0.4, -0.2) is 5.78 Å². The van der Waals surface area contributed by atoms with Crippen LogP contribution in [0.5, 0.6) is 0 Å². The lowest BCUT2D eigenvalue weighted by atomic mass is 9.88. The van der Waals surface area contributed by atoms with E-state index in [1.165, 1.54) is 32.1 Å². The van der Waals surface area contributed by atoms with E-state index in [9.17, 15) is 4.79 Å². The third-order valence-electron chi connectivity index (χ3n) is 2.62. The second-order valence-corrected chi connectivity index (χ2v) is 3.55. The molecule has 1 nitrogen and oxygen atoms in total. The number of rotatable bonds is 1. The zero-order valence-corrected chi connectivity index (χ0v) is 7.51. The molecule has 0 aliphatic heterocycles. The van der Waals surface area contributed by atoms with Crippen LogP contribution in [0, 0.1) is 18.3 Å². The molecule has 0 bridgehead atoms. The Balaban J connectivity index is 2.40. The van der Waals surface area contributed by atoms with Gasteiger partial charge in [-0.1, -0.05) is 32.1 Å². The van der Waals surface area contributed by atoms with Gasteiger partial charge < -0.3 is 0 Å². The second-order valence-electron chi connectivity index (χ2n) is 3.55. The topological polar surface area (TPSA) is 17.1 Å². The summed E-state index contributed by atoms with van der Waals surface area (Å²) in [7, 11) is 0. The molecule has 0 radical (unpaired) electrons. The molecule has 1 aliphatic rings. The van der Waals surface area contributed by atoms with Crippen LogP contribution >= 0.6 is 0 Å². The molecule has 0 saturated heterocycles. The normalized spacial score (nSPS) is 20.6. The van der Waals surface area contributed by atoms with Crippen molar-refractivity contribution in [3.05, 3.63) is 0 Å². The van der Waals surface area contributed by atoms with Crippen LogP contribution in [0.15, 0.2) is 0 Å². The highest BCUT2D eigenvalue weighted by Crippen LogP contribution is 2.22. The molecule has 1 aliphatic carbocycles. The van der Waals surface area contributed by atoms with Crippen LogP contribution in [0.1, 0.15) is 44.9 Å². The zero-order valence-electron chi connectivity index (χ0n) is 7.51. The molecule has 0 aromatic heterocycles. The quantitative estimate of drug-likeness (QED) is 0.430. The molecular weight excluding hydrogens is 148 g/mol. The van der Waals surface area contributed by atoms with E-state index in [2.05, 4.69) is 5.92 Å². The van der Waals surface area contributed by atoms with Crippen LogP contribution in [0.25, 0.3) is 0 Å². The van der Waals surface area contributed by atoms with Crippen LogP contribution in [0.3, 0.4) is 0 Å². The summed E-state index contributed by atoms with van der Waals surface area (Å²) in [5.41, 5.74) is 0. The molecule has 0 aromatic rings. The van der Waals surface area contributed by atoms with Gasteiger partial charge in [0.2, 0.25) is 5.78 Å². The number of ketones is 1. The molecule has 0 spiro atoms. The molecule has 66 valence electrons. The van der Waals surface area contributed by atoms with Gasteiger partial charge in [0.1, 0.15) is 0 Å². The van der Waals surface area contributed by atoms with Crippen molar-refractivity contribution in [1.29, 1.82) is 0 Å². The standard InChI is InChI=1S/C11H16O/c1-2-11(12)10-8-6-4-3-5-7-9-10/h1,10H,3-9H2. The highest BCUT2D eigenvalue weighted by molar-refractivity contribution is 5.96. The van der Waals surface area contributed by atoms with Crippen LogP contribution in [-0.2, 0) is 4.79 Å². The van der Waals surface area contributed by atoms with E-state index in [4.69, 9.17) is 6.42 Å². The summed E-state index contributed by atoms with van der Waals surface area (Å²) >= 11 is 0. The third-order valence-corrected chi connectivity index (χ3v) is 2.62. The highest BCUT2D eigenvalue weighted by atomic mass is 16.1. The summed E-state index contributed by atoms with van der Waals surface area (Å²) in [6.45, 7) is 0. The van der Waals surface area contributed by atoms with Gasteiger partial charge in [0.25, 0.3) is 0 Å². The first-order valence-electron chi connectivity index (χ1n) is 4.85. The van der Waals surface area contributed by atoms with Crippen molar-refractivity contribution in [3.63, 3.8) is 0 Å². The van der Waals surface area contributed by atoms with Crippen molar-refractivity contribution in [2.45, 2.75) is 44.9 Å². The van der Waals surface area contributed by atoms with Gasteiger partial charge in [0, 0.05) is 5.92 Å². The lowest BCUT2D eigenvalue weighted by Gasteiger charge is -2.15. The molecule has 0 N–H and O–H groups in total. The summed E-state index contributed by atoms with van der Waals surface area (Å²) in [4.78, 5) is 11.2. The van der Waals surface area contributed by atoms with Gasteiger partial charge in [0.05, 0.1) is 0 Å². The fourth-order valence-corrected chi connectivity index (χ4v) is 1.84. The Bertz CT molecular complexity index is 180. The highest BCUT2D eigenvalue weighted by Gasteiger charge is 2.16. The van der Waals surface area contributed by atoms with Crippen LogP contribution < -0.4 is 0 Å². The molecule has 0 amide bonds. The molecule has 0 heterocycles. The SMILES string of the molecule is C#CC(=O)C1CCCCCCC1. The molecule has 1 saturated carbocycles. The minimum atomic E-state index is 0.0249. The number of carbonyl (C=O) groups excluding carboxylic acids is 1. The fourth-order valence-electron chi connectivity index (χ4n) is 1.84. The van der Waals surface area contributed by atoms with Gasteiger partial charge in [-0.3, -0.25) is 4.79 Å². The Morgan fingerprint density at radius 2 is 1.58 bits per heavy atom. The van der Waals surface area contributed by atoms with E-state index in [0.717, 1.165) is 12.8 Å². The number of hydrogen-bond donors (Lipinski definition) is 0. The van der Waals surface area contributed by atoms with E-state index >= 15 is 0 Å². The first-order chi connectivity index (χ1) is 5.84. The van der Waals surface area contributed by atoms with Crippen molar-refractivity contribution < 1.29 is 4.79 Å². The largest absolute Gasteiger partial charge is 0.285 e. The van der Waals surface area contributed by atoms with Gasteiger partial charge in [0.15, 0.2) is 0 Å². The smallest absolute Gasteiger partial charge is 0.208 e. The molecule has 1 heteroatoms. The number of terminal acetylenes is 1. The van der Waals surface area contributed by atoms with E-state index in [0.29, 0.717) is 0 Å². The molecule has 0 atom stereocenters. The molecule has 0 unspecified atom stereocenters. The number of carbonyl (C=O) groups is 1. The molecule has 1 rings (SSSR count). The van der Waals surface area contributed by atoms with Gasteiger partial charge in [-0.05, 0) is 18.8 Å². The summed E-state index contributed by atoms with van der Waals surface area (Å²) in [5, 5.41) is 0. The van der Waals surface area contributed by atoms with Crippen molar-refractivity contribution in [3.8, 4) is 12.3 Å². The minimum absolute atomic E-state index is 0.0249. The maximum atomic E-state index is 11.2. The van der Waals surface area contributed by atoms with Crippen molar-refractivity contribution >= 4 is 5.78 Å². The minimum Gasteiger partial charge on any atom is -0.285 e. The average molecular weight is 164 g/mol. The van der Waals surface area contributed by atoms with E-state index in [-0.39, 0.29) is 11.7 Å². The summed E-state index contributed by atoms with van der Waals surface area (Å²) in [6.07, 6.45) is 13.4. The van der Waals surface area contributed by atoms with Crippen molar-refractivity contribution in [1.82, 2.24) is 0 Å². The molecule has 0 aromatic carbocycles. The van der Waals surface area contributed by atoms with E-state index in [1.807, 2.05) is 0 Å². The van der Waals surface area contributed by atoms with Crippen LogP contribution in [0.2, 0.25) is 0 Å². The van der Waals surface area contributed by atoms with Gasteiger partial charge >= 0.3 is 0 Å². The lowest BCUT2D eigenvalue weighted by molar-refractivity contribution is -0.117. The molecular formula is C11H16O. The summed E-state index contributed by atoms with van der Waals surface area (Å²) < 4.78 is 0. The Morgan fingerprint density at radius 1 is 1.08 bits per heavy atom. The average Bonchev–Trinajstić information content (AvgIpc) is 2.02. The Hall–Kier alpha value is -0.770. The monoisotopic (exact) mass is 164 g/mol. The number of hydrogen-bond acceptors (Lipinski definition) is 1. The van der Waals surface area contributed by atoms with Crippen molar-refractivity contribution in [2.24, 2.45) is 5.92 Å². The maximum absolute atomic E-state index is 11.2. The Kier molecular flexibility index (Phi) is 3.87. The summed E-state index contributed by atoms with van der Waals surface area (Å²) in [5.74, 6) is 2.45. The third kappa shape index (κ3) is 2.70. The maximum Gasteiger partial charge on any atom is 0.208 e. The predicted octanol–water partition coefficient (Wildman–Crippen LogP) is 2.55.